The van der Waals surface area contributed by atoms with Gasteiger partial charge in [-0.15, -0.1) is 0 Å². The van der Waals surface area contributed by atoms with Gasteiger partial charge in [0.05, 0.1) is 19.1 Å². The maximum atomic E-state index is 12.5. The number of carbonyl (C=O) groups excluding carboxylic acids is 1. The summed E-state index contributed by atoms with van der Waals surface area (Å²) >= 11 is 3.41. The van der Waals surface area contributed by atoms with Crippen LogP contribution < -0.4 is 9.47 Å². The SMILES string of the molecule is COc1cc(Br)c(/C=C/C(=O)c2ccc(S(=O)(=O)N(C)CC(=O)O)cc2)cc1OC. The predicted octanol–water partition coefficient (Wildman–Crippen LogP) is 3.07. The normalized spacial score (nSPS) is 11.6. The Morgan fingerprint density at radius 1 is 1.10 bits per heavy atom. The first kappa shape index (κ1) is 23.6. The van der Waals surface area contributed by atoms with Crippen LogP contribution in [0.1, 0.15) is 15.9 Å². The summed E-state index contributed by atoms with van der Waals surface area (Å²) in [5.41, 5.74) is 0.971. The van der Waals surface area contributed by atoms with E-state index in [9.17, 15) is 18.0 Å². The van der Waals surface area contributed by atoms with Gasteiger partial charge in [0.25, 0.3) is 0 Å². The van der Waals surface area contributed by atoms with E-state index in [0.29, 0.717) is 21.5 Å². The van der Waals surface area contributed by atoms with Gasteiger partial charge < -0.3 is 14.6 Å². The highest BCUT2D eigenvalue weighted by Gasteiger charge is 2.22. The molecule has 0 spiro atoms. The van der Waals surface area contributed by atoms with Gasteiger partial charge in [-0.1, -0.05) is 15.9 Å². The van der Waals surface area contributed by atoms with E-state index in [2.05, 4.69) is 15.9 Å². The number of aliphatic carboxylic acids is 1. The van der Waals surface area contributed by atoms with Gasteiger partial charge in [0.1, 0.15) is 6.54 Å². The third-order valence-electron chi connectivity index (χ3n) is 4.12. The van der Waals surface area contributed by atoms with Gasteiger partial charge in [-0.2, -0.15) is 4.31 Å². The molecular weight excluding hydrogens is 478 g/mol. The molecule has 2 aromatic carbocycles. The number of carboxylic acids is 1. The topological polar surface area (TPSA) is 110 Å². The smallest absolute Gasteiger partial charge is 0.318 e. The molecule has 0 heterocycles. The molecule has 10 heteroatoms. The average Bonchev–Trinajstić information content (AvgIpc) is 2.71. The molecule has 0 saturated heterocycles. The van der Waals surface area contributed by atoms with Crippen LogP contribution in [0.3, 0.4) is 0 Å². The average molecular weight is 498 g/mol. The summed E-state index contributed by atoms with van der Waals surface area (Å²) in [4.78, 5) is 23.1. The number of ketones is 1. The van der Waals surface area contributed by atoms with E-state index in [0.717, 1.165) is 4.31 Å². The lowest BCUT2D eigenvalue weighted by Crippen LogP contribution is -2.32. The molecule has 160 valence electrons. The van der Waals surface area contributed by atoms with Gasteiger partial charge in [-0.25, -0.2) is 8.42 Å². The summed E-state index contributed by atoms with van der Waals surface area (Å²) in [5, 5.41) is 8.77. The maximum absolute atomic E-state index is 12.5. The molecule has 0 saturated carbocycles. The second-order valence-corrected chi connectivity index (χ2v) is 9.00. The number of sulfonamides is 1. The number of hydrogen-bond donors (Lipinski definition) is 1. The number of nitrogens with zero attached hydrogens (tertiary/aromatic N) is 1. The Morgan fingerprint density at radius 3 is 2.20 bits per heavy atom. The van der Waals surface area contributed by atoms with Crippen LogP contribution in [0, 0.1) is 0 Å². The van der Waals surface area contributed by atoms with Crippen molar-refractivity contribution in [1.29, 1.82) is 0 Å². The predicted molar refractivity (Wildman–Crippen MR) is 115 cm³/mol. The van der Waals surface area contributed by atoms with Crippen LogP contribution in [0.15, 0.2) is 51.8 Å². The minimum absolute atomic E-state index is 0.102. The van der Waals surface area contributed by atoms with Crippen molar-refractivity contribution in [2.75, 3.05) is 27.8 Å². The Morgan fingerprint density at radius 2 is 1.67 bits per heavy atom. The van der Waals surface area contributed by atoms with Crippen LogP contribution in [-0.4, -0.2) is 57.4 Å². The van der Waals surface area contributed by atoms with Gasteiger partial charge in [-0.05, 0) is 54.1 Å². The molecule has 2 aromatic rings. The summed E-state index contributed by atoms with van der Waals surface area (Å²) in [7, 11) is 0.241. The molecule has 0 aliphatic rings. The molecule has 0 aliphatic heterocycles. The van der Waals surface area contributed by atoms with Gasteiger partial charge in [0, 0.05) is 17.1 Å². The number of likely N-dealkylation sites (N-methyl/N-ethyl adjacent to an activating group) is 1. The van der Waals surface area contributed by atoms with Crippen molar-refractivity contribution in [3.05, 3.63) is 58.1 Å². The molecule has 1 N–H and O–H groups in total. The largest absolute Gasteiger partial charge is 0.493 e. The van der Waals surface area contributed by atoms with Gasteiger partial charge in [0.2, 0.25) is 10.0 Å². The molecule has 30 heavy (non-hydrogen) atoms. The zero-order valence-electron chi connectivity index (χ0n) is 16.5. The van der Waals surface area contributed by atoms with Crippen molar-refractivity contribution in [2.45, 2.75) is 4.90 Å². The van der Waals surface area contributed by atoms with Gasteiger partial charge >= 0.3 is 5.97 Å². The lowest BCUT2D eigenvalue weighted by atomic mass is 10.1. The van der Waals surface area contributed by atoms with E-state index in [4.69, 9.17) is 14.6 Å². The molecule has 0 amide bonds. The quantitative estimate of drug-likeness (QED) is 0.418. The van der Waals surface area contributed by atoms with Gasteiger partial charge in [0.15, 0.2) is 17.3 Å². The van der Waals surface area contributed by atoms with Crippen LogP contribution >= 0.6 is 15.9 Å². The summed E-state index contributed by atoms with van der Waals surface area (Å²) in [5.74, 6) is -0.552. The van der Waals surface area contributed by atoms with Crippen molar-refractivity contribution < 1.29 is 32.6 Å². The number of hydrogen-bond acceptors (Lipinski definition) is 6. The highest BCUT2D eigenvalue weighted by molar-refractivity contribution is 9.10. The standard InChI is InChI=1S/C20H20BrNO7S/c1-22(12-20(24)25)30(26,27)15-7-4-13(5-8-15)17(23)9-6-14-10-18(28-2)19(29-3)11-16(14)21/h4-11H,12H2,1-3H3,(H,24,25)/b9-6+. The molecule has 0 atom stereocenters. The van der Waals surface area contributed by atoms with Crippen LogP contribution in [-0.2, 0) is 14.8 Å². The van der Waals surface area contributed by atoms with E-state index in [1.165, 1.54) is 51.6 Å². The van der Waals surface area contributed by atoms with Crippen LogP contribution in [0.5, 0.6) is 11.5 Å². The minimum Gasteiger partial charge on any atom is -0.493 e. The Balaban J connectivity index is 2.22. The molecular formula is C20H20BrNO7S. The van der Waals surface area contributed by atoms with Crippen molar-refractivity contribution in [3.63, 3.8) is 0 Å². The van der Waals surface area contributed by atoms with Crippen LogP contribution in [0.25, 0.3) is 6.08 Å². The third kappa shape index (κ3) is 5.47. The van der Waals surface area contributed by atoms with E-state index >= 15 is 0 Å². The Bertz CT molecular complexity index is 1080. The van der Waals surface area contributed by atoms with Crippen LogP contribution in [0.2, 0.25) is 0 Å². The Kier molecular flexibility index (Phi) is 7.77. The molecule has 0 aromatic heterocycles. The number of halogens is 1. The number of methoxy groups -OCH3 is 2. The monoisotopic (exact) mass is 497 g/mol. The summed E-state index contributed by atoms with van der Waals surface area (Å²) in [6.45, 7) is -0.661. The zero-order valence-corrected chi connectivity index (χ0v) is 18.9. The van der Waals surface area contributed by atoms with E-state index in [-0.39, 0.29) is 16.2 Å². The number of carboxylic acid groups (broad SMARTS) is 1. The fourth-order valence-corrected chi connectivity index (χ4v) is 4.08. The number of rotatable bonds is 9. The van der Waals surface area contributed by atoms with Crippen molar-refractivity contribution in [3.8, 4) is 11.5 Å². The van der Waals surface area contributed by atoms with E-state index in [1.807, 2.05) is 0 Å². The fraction of sp³-hybridized carbons (Fsp3) is 0.200. The molecule has 8 nitrogen and oxygen atoms in total. The summed E-state index contributed by atoms with van der Waals surface area (Å²) in [6, 6.07) is 8.70. The van der Waals surface area contributed by atoms with E-state index in [1.54, 1.807) is 18.2 Å². The van der Waals surface area contributed by atoms with Crippen molar-refractivity contribution in [2.24, 2.45) is 0 Å². The highest BCUT2D eigenvalue weighted by Crippen LogP contribution is 2.34. The summed E-state index contributed by atoms with van der Waals surface area (Å²) in [6.07, 6.45) is 2.95. The number of carbonyl (C=O) groups is 2. The molecule has 2 rings (SSSR count). The molecule has 0 radical (unpaired) electrons. The molecule has 0 aliphatic carbocycles. The molecule has 0 bridgehead atoms. The Labute approximate surface area is 182 Å². The number of ether oxygens (including phenoxy) is 2. The first-order valence-corrected chi connectivity index (χ1v) is 10.8. The van der Waals surface area contributed by atoms with Crippen LogP contribution in [0.4, 0.5) is 0 Å². The third-order valence-corrected chi connectivity index (χ3v) is 6.63. The minimum atomic E-state index is -3.96. The summed E-state index contributed by atoms with van der Waals surface area (Å²) < 4.78 is 36.6. The fourth-order valence-electron chi connectivity index (χ4n) is 2.51. The first-order valence-electron chi connectivity index (χ1n) is 8.52. The zero-order chi connectivity index (χ0) is 22.5. The maximum Gasteiger partial charge on any atom is 0.318 e. The second kappa shape index (κ2) is 9.88. The second-order valence-electron chi connectivity index (χ2n) is 6.11. The van der Waals surface area contributed by atoms with Crippen molar-refractivity contribution >= 4 is 43.8 Å². The van der Waals surface area contributed by atoms with Gasteiger partial charge in [-0.3, -0.25) is 9.59 Å². The van der Waals surface area contributed by atoms with Crippen molar-refractivity contribution in [1.82, 2.24) is 4.31 Å². The highest BCUT2D eigenvalue weighted by atomic mass is 79.9. The molecule has 0 unspecified atom stereocenters. The first-order chi connectivity index (χ1) is 14.1. The number of allylic oxidation sites excluding steroid dienone is 1. The van der Waals surface area contributed by atoms with E-state index < -0.39 is 22.5 Å². The number of benzene rings is 2. The molecule has 0 fully saturated rings. The Hall–Kier alpha value is -2.69. The lowest BCUT2D eigenvalue weighted by Gasteiger charge is -2.14. The lowest BCUT2D eigenvalue weighted by molar-refractivity contribution is -0.137.